The van der Waals surface area contributed by atoms with Crippen LogP contribution >= 0.6 is 0 Å². The zero-order valence-corrected chi connectivity index (χ0v) is 14.8. The first-order valence-corrected chi connectivity index (χ1v) is 9.90. The third-order valence-electron chi connectivity index (χ3n) is 4.69. The molecule has 2 aliphatic heterocycles. The molecule has 1 atom stereocenters. The quantitative estimate of drug-likeness (QED) is 0.809. The van der Waals surface area contributed by atoms with E-state index in [-0.39, 0.29) is 16.9 Å². The lowest BCUT2D eigenvalue weighted by atomic mass is 10.2. The van der Waals surface area contributed by atoms with Crippen molar-refractivity contribution in [1.29, 1.82) is 0 Å². The molecule has 1 aromatic rings. The number of rotatable bonds is 5. The van der Waals surface area contributed by atoms with E-state index < -0.39 is 10.0 Å². The van der Waals surface area contributed by atoms with Crippen LogP contribution in [0.3, 0.4) is 0 Å². The normalized spacial score (nSPS) is 21.6. The molecule has 0 saturated carbocycles. The number of carbonyl (C=O) groups excluding carboxylic acids is 1. The number of likely N-dealkylation sites (N-methyl/N-ethyl adjacent to an activating group) is 1. The van der Waals surface area contributed by atoms with Gasteiger partial charge in [0.05, 0.1) is 11.0 Å². The molecule has 2 fully saturated rings. The molecule has 0 N–H and O–H groups in total. The minimum atomic E-state index is -3.56. The summed E-state index contributed by atoms with van der Waals surface area (Å²) in [5.41, 5.74) is 0.539. The van der Waals surface area contributed by atoms with Crippen molar-refractivity contribution >= 4 is 15.9 Å². The van der Waals surface area contributed by atoms with E-state index in [0.29, 0.717) is 18.7 Å². The van der Waals surface area contributed by atoms with E-state index in [4.69, 9.17) is 4.74 Å². The zero-order valence-electron chi connectivity index (χ0n) is 14.0. The summed E-state index contributed by atoms with van der Waals surface area (Å²) in [4.78, 5) is 14.3. The highest BCUT2D eigenvalue weighted by molar-refractivity contribution is 7.89. The lowest BCUT2D eigenvalue weighted by Gasteiger charge is -2.21. The standard InChI is InChI=1S/C17H24N2O4S/c1-18(13-15-5-4-12-23-15)24(21,22)16-8-6-14(7-9-16)17(20)19-10-2-3-11-19/h6-9,15H,2-5,10-13H2,1H3. The monoisotopic (exact) mass is 352 g/mol. The number of hydrogen-bond donors (Lipinski definition) is 0. The van der Waals surface area contributed by atoms with Crippen molar-refractivity contribution in [3.05, 3.63) is 29.8 Å². The van der Waals surface area contributed by atoms with Gasteiger partial charge < -0.3 is 9.64 Å². The van der Waals surface area contributed by atoms with Crippen LogP contribution in [0.25, 0.3) is 0 Å². The molecule has 0 aromatic heterocycles. The Morgan fingerprint density at radius 2 is 1.88 bits per heavy atom. The molecular formula is C17H24N2O4S. The number of sulfonamides is 1. The predicted molar refractivity (Wildman–Crippen MR) is 90.4 cm³/mol. The van der Waals surface area contributed by atoms with Gasteiger partial charge >= 0.3 is 0 Å². The van der Waals surface area contributed by atoms with Gasteiger partial charge in [0.25, 0.3) is 5.91 Å². The van der Waals surface area contributed by atoms with Crippen molar-refractivity contribution in [1.82, 2.24) is 9.21 Å². The molecule has 3 rings (SSSR count). The molecule has 2 heterocycles. The first-order valence-electron chi connectivity index (χ1n) is 8.46. The largest absolute Gasteiger partial charge is 0.377 e. The van der Waals surface area contributed by atoms with Crippen molar-refractivity contribution in [2.45, 2.75) is 36.7 Å². The van der Waals surface area contributed by atoms with Crippen LogP contribution in [0.4, 0.5) is 0 Å². The van der Waals surface area contributed by atoms with Gasteiger partial charge in [-0.25, -0.2) is 8.42 Å². The average Bonchev–Trinajstić information content (AvgIpc) is 3.28. The molecule has 1 unspecified atom stereocenters. The Morgan fingerprint density at radius 3 is 2.46 bits per heavy atom. The average molecular weight is 352 g/mol. The Labute approximate surface area is 143 Å². The van der Waals surface area contributed by atoms with Crippen molar-refractivity contribution in [2.24, 2.45) is 0 Å². The highest BCUT2D eigenvalue weighted by Gasteiger charge is 2.26. The summed E-state index contributed by atoms with van der Waals surface area (Å²) in [5.74, 6) is -0.0239. The van der Waals surface area contributed by atoms with Gasteiger partial charge in [-0.3, -0.25) is 4.79 Å². The van der Waals surface area contributed by atoms with E-state index in [1.807, 2.05) is 4.90 Å². The van der Waals surface area contributed by atoms with Gasteiger partial charge in [0.1, 0.15) is 0 Å². The van der Waals surface area contributed by atoms with E-state index in [1.165, 1.54) is 16.4 Å². The summed E-state index contributed by atoms with van der Waals surface area (Å²) in [6, 6.07) is 6.25. The lowest BCUT2D eigenvalue weighted by molar-refractivity contribution is 0.0792. The third kappa shape index (κ3) is 3.63. The maximum Gasteiger partial charge on any atom is 0.253 e. The van der Waals surface area contributed by atoms with Crippen molar-refractivity contribution in [3.63, 3.8) is 0 Å². The van der Waals surface area contributed by atoms with Gasteiger partial charge in [-0.1, -0.05) is 0 Å². The van der Waals surface area contributed by atoms with Crippen LogP contribution in [-0.4, -0.2) is 62.9 Å². The second kappa shape index (κ2) is 7.21. The molecule has 0 bridgehead atoms. The molecule has 0 radical (unpaired) electrons. The molecule has 6 nitrogen and oxygen atoms in total. The fourth-order valence-corrected chi connectivity index (χ4v) is 4.43. The molecule has 0 spiro atoms. The van der Waals surface area contributed by atoms with E-state index in [9.17, 15) is 13.2 Å². The molecule has 1 aromatic carbocycles. The number of nitrogens with zero attached hydrogens (tertiary/aromatic N) is 2. The van der Waals surface area contributed by atoms with Crippen molar-refractivity contribution in [3.8, 4) is 0 Å². The van der Waals surface area contributed by atoms with Crippen molar-refractivity contribution < 1.29 is 17.9 Å². The molecular weight excluding hydrogens is 328 g/mol. The molecule has 2 aliphatic rings. The number of carbonyl (C=O) groups is 1. The number of likely N-dealkylation sites (tertiary alicyclic amines) is 1. The fourth-order valence-electron chi connectivity index (χ4n) is 3.23. The van der Waals surface area contributed by atoms with E-state index in [2.05, 4.69) is 0 Å². The minimum absolute atomic E-state index is 0.0239. The molecule has 24 heavy (non-hydrogen) atoms. The Hall–Kier alpha value is -1.44. The minimum Gasteiger partial charge on any atom is -0.377 e. The molecule has 132 valence electrons. The zero-order chi connectivity index (χ0) is 17.2. The maximum absolute atomic E-state index is 12.6. The van der Waals surface area contributed by atoms with Crippen LogP contribution in [0.5, 0.6) is 0 Å². The summed E-state index contributed by atoms with van der Waals surface area (Å²) in [5, 5.41) is 0. The summed E-state index contributed by atoms with van der Waals surface area (Å²) in [6.45, 7) is 2.62. The van der Waals surface area contributed by atoms with Crippen LogP contribution in [0.15, 0.2) is 29.2 Å². The number of benzene rings is 1. The number of ether oxygens (including phenoxy) is 1. The van der Waals surface area contributed by atoms with E-state index in [1.54, 1.807) is 19.2 Å². The maximum atomic E-state index is 12.6. The topological polar surface area (TPSA) is 66.9 Å². The van der Waals surface area contributed by atoms with Gasteiger partial charge in [0.15, 0.2) is 0 Å². The Kier molecular flexibility index (Phi) is 5.22. The van der Waals surface area contributed by atoms with Crippen LogP contribution in [-0.2, 0) is 14.8 Å². The Bertz CT molecular complexity index is 675. The highest BCUT2D eigenvalue weighted by atomic mass is 32.2. The summed E-state index contributed by atoms with van der Waals surface area (Å²) in [6.07, 6.45) is 3.91. The van der Waals surface area contributed by atoms with Gasteiger partial charge in [-0.2, -0.15) is 4.31 Å². The molecule has 7 heteroatoms. The molecule has 2 saturated heterocycles. The van der Waals surface area contributed by atoms with Gasteiger partial charge in [0.2, 0.25) is 10.0 Å². The molecule has 1 amide bonds. The van der Waals surface area contributed by atoms with Crippen LogP contribution < -0.4 is 0 Å². The highest BCUT2D eigenvalue weighted by Crippen LogP contribution is 2.20. The van der Waals surface area contributed by atoms with E-state index in [0.717, 1.165) is 38.8 Å². The van der Waals surface area contributed by atoms with Crippen LogP contribution in [0, 0.1) is 0 Å². The Morgan fingerprint density at radius 1 is 1.21 bits per heavy atom. The molecule has 0 aliphatic carbocycles. The second-order valence-corrected chi connectivity index (χ2v) is 8.49. The fraction of sp³-hybridized carbons (Fsp3) is 0.588. The van der Waals surface area contributed by atoms with E-state index >= 15 is 0 Å². The van der Waals surface area contributed by atoms with Crippen LogP contribution in [0.1, 0.15) is 36.0 Å². The van der Waals surface area contributed by atoms with Crippen LogP contribution in [0.2, 0.25) is 0 Å². The second-order valence-electron chi connectivity index (χ2n) is 6.44. The Balaban J connectivity index is 1.70. The first-order chi connectivity index (χ1) is 11.5. The van der Waals surface area contributed by atoms with Gasteiger partial charge in [-0.15, -0.1) is 0 Å². The smallest absolute Gasteiger partial charge is 0.253 e. The van der Waals surface area contributed by atoms with Crippen molar-refractivity contribution in [2.75, 3.05) is 33.3 Å². The van der Waals surface area contributed by atoms with Gasteiger partial charge in [0, 0.05) is 38.9 Å². The number of amides is 1. The first kappa shape index (κ1) is 17.4. The lowest BCUT2D eigenvalue weighted by Crippen LogP contribution is -2.34. The van der Waals surface area contributed by atoms with Gasteiger partial charge in [-0.05, 0) is 49.9 Å². The summed E-state index contributed by atoms with van der Waals surface area (Å²) in [7, 11) is -1.99. The third-order valence-corrected chi connectivity index (χ3v) is 6.53. The summed E-state index contributed by atoms with van der Waals surface area (Å²) >= 11 is 0. The SMILES string of the molecule is CN(CC1CCCO1)S(=O)(=O)c1ccc(C(=O)N2CCCC2)cc1. The predicted octanol–water partition coefficient (Wildman–Crippen LogP) is 1.72. The number of hydrogen-bond acceptors (Lipinski definition) is 4. The summed E-state index contributed by atoms with van der Waals surface area (Å²) < 4.78 is 32.1.